The summed E-state index contributed by atoms with van der Waals surface area (Å²) in [5.74, 6) is -0.829. The maximum atomic E-state index is 11.9. The number of anilines is 1. The van der Waals surface area contributed by atoms with Crippen LogP contribution in [0.1, 0.15) is 16.8 Å². The summed E-state index contributed by atoms with van der Waals surface area (Å²) in [6.07, 6.45) is 0.109. The van der Waals surface area contributed by atoms with Crippen LogP contribution in [-0.4, -0.2) is 46.0 Å². The Morgan fingerprint density at radius 3 is 2.81 bits per heavy atom. The molecule has 1 aromatic rings. The minimum atomic E-state index is -1.21. The number of benzene rings is 1. The molecule has 2 rings (SSSR count). The smallest absolute Gasteiger partial charge is 0.339 e. The summed E-state index contributed by atoms with van der Waals surface area (Å²) in [7, 11) is 0. The van der Waals surface area contributed by atoms with Gasteiger partial charge < -0.3 is 15.3 Å². The second-order valence-corrected chi connectivity index (χ2v) is 5.82. The van der Waals surface area contributed by atoms with Crippen LogP contribution in [0.3, 0.4) is 0 Å². The van der Waals surface area contributed by atoms with Gasteiger partial charge in [-0.3, -0.25) is 9.59 Å². The highest BCUT2D eigenvalue weighted by atomic mass is 35.5. The second-order valence-electron chi connectivity index (χ2n) is 4.37. The number of carbonyl (C=O) groups is 3. The van der Waals surface area contributed by atoms with Crippen molar-refractivity contribution in [3.63, 3.8) is 0 Å². The van der Waals surface area contributed by atoms with Crippen LogP contribution >= 0.6 is 23.4 Å². The molecule has 0 atom stereocenters. The van der Waals surface area contributed by atoms with Crippen LogP contribution in [0, 0.1) is 0 Å². The van der Waals surface area contributed by atoms with Crippen molar-refractivity contribution in [2.75, 3.05) is 24.2 Å². The Morgan fingerprint density at radius 1 is 1.43 bits per heavy atom. The van der Waals surface area contributed by atoms with Crippen LogP contribution in [0.4, 0.5) is 10.5 Å². The average molecular weight is 329 g/mol. The number of amides is 2. The fourth-order valence-corrected chi connectivity index (χ4v) is 3.03. The number of nitrogens with one attached hydrogen (secondary N) is 1. The van der Waals surface area contributed by atoms with E-state index in [1.807, 2.05) is 0 Å². The third-order valence-corrected chi connectivity index (χ3v) is 4.16. The van der Waals surface area contributed by atoms with E-state index in [4.69, 9.17) is 16.7 Å². The fourth-order valence-electron chi connectivity index (χ4n) is 1.92. The lowest BCUT2D eigenvalue weighted by Crippen LogP contribution is -2.28. The molecule has 0 radical (unpaired) electrons. The van der Waals surface area contributed by atoms with Gasteiger partial charge in [-0.2, -0.15) is 0 Å². The van der Waals surface area contributed by atoms with E-state index in [1.54, 1.807) is 11.0 Å². The highest BCUT2D eigenvalue weighted by Crippen LogP contribution is 2.24. The molecule has 21 heavy (non-hydrogen) atoms. The standard InChI is InChI=1S/C13H13ClN2O4S/c14-8-2-1-3-9(11(8)12(18)19)15-10(17)4-5-16-6-7-21-13(16)20/h1-3H,4-7H2,(H,15,17)(H,18,19). The molecule has 1 heterocycles. The molecular weight excluding hydrogens is 316 g/mol. The third-order valence-electron chi connectivity index (χ3n) is 2.96. The highest BCUT2D eigenvalue weighted by molar-refractivity contribution is 8.13. The number of halogens is 1. The molecule has 0 spiro atoms. The van der Waals surface area contributed by atoms with E-state index in [0.717, 1.165) is 5.75 Å². The van der Waals surface area contributed by atoms with E-state index in [0.29, 0.717) is 13.1 Å². The van der Waals surface area contributed by atoms with Crippen LogP contribution in [-0.2, 0) is 4.79 Å². The van der Waals surface area contributed by atoms with Gasteiger partial charge in [0.2, 0.25) is 5.91 Å². The zero-order valence-corrected chi connectivity index (χ0v) is 12.5. The summed E-state index contributed by atoms with van der Waals surface area (Å²) in [5, 5.41) is 11.7. The third kappa shape index (κ3) is 3.89. The first-order valence-electron chi connectivity index (χ1n) is 6.22. The summed E-state index contributed by atoms with van der Waals surface area (Å²) in [6.45, 7) is 0.953. The van der Waals surface area contributed by atoms with Crippen molar-refractivity contribution in [1.82, 2.24) is 4.90 Å². The molecule has 1 saturated heterocycles. The first-order valence-corrected chi connectivity index (χ1v) is 7.58. The molecule has 6 nitrogen and oxygen atoms in total. The maximum Gasteiger partial charge on any atom is 0.339 e. The number of hydrogen-bond donors (Lipinski definition) is 2. The summed E-state index contributed by atoms with van der Waals surface area (Å²) >= 11 is 7.05. The predicted octanol–water partition coefficient (Wildman–Crippen LogP) is 2.54. The molecule has 112 valence electrons. The van der Waals surface area contributed by atoms with Crippen LogP contribution < -0.4 is 5.32 Å². The van der Waals surface area contributed by atoms with E-state index in [-0.39, 0.29) is 33.8 Å². The summed E-state index contributed by atoms with van der Waals surface area (Å²) in [5.41, 5.74) is 0.0162. The van der Waals surface area contributed by atoms with Crippen molar-refractivity contribution in [1.29, 1.82) is 0 Å². The zero-order valence-electron chi connectivity index (χ0n) is 11.0. The van der Waals surface area contributed by atoms with Crippen LogP contribution in [0.5, 0.6) is 0 Å². The Kier molecular flexibility index (Phi) is 5.08. The molecule has 8 heteroatoms. The van der Waals surface area contributed by atoms with Gasteiger partial charge in [0.15, 0.2) is 0 Å². The molecular formula is C13H13ClN2O4S. The molecule has 1 fully saturated rings. The molecule has 2 amide bonds. The number of hydrogen-bond acceptors (Lipinski definition) is 4. The minimum absolute atomic E-state index is 0.0308. The van der Waals surface area contributed by atoms with Gasteiger partial charge in [0.1, 0.15) is 5.56 Å². The number of aromatic carboxylic acids is 1. The van der Waals surface area contributed by atoms with E-state index in [9.17, 15) is 14.4 Å². The Morgan fingerprint density at radius 2 is 2.19 bits per heavy atom. The quantitative estimate of drug-likeness (QED) is 0.867. The van der Waals surface area contributed by atoms with Crippen molar-refractivity contribution in [2.24, 2.45) is 0 Å². The number of carboxylic acid groups (broad SMARTS) is 1. The lowest BCUT2D eigenvalue weighted by atomic mass is 10.1. The monoisotopic (exact) mass is 328 g/mol. The Hall–Kier alpha value is -1.73. The topological polar surface area (TPSA) is 86.7 Å². The van der Waals surface area contributed by atoms with Crippen molar-refractivity contribution < 1.29 is 19.5 Å². The molecule has 1 aromatic carbocycles. The number of rotatable bonds is 5. The zero-order chi connectivity index (χ0) is 15.4. The predicted molar refractivity (Wildman–Crippen MR) is 81.1 cm³/mol. The molecule has 0 aromatic heterocycles. The molecule has 1 aliphatic rings. The number of carboxylic acids is 1. The van der Waals surface area contributed by atoms with Crippen molar-refractivity contribution in [2.45, 2.75) is 6.42 Å². The Labute approximate surface area is 130 Å². The SMILES string of the molecule is O=C(CCN1CCSC1=O)Nc1cccc(Cl)c1C(=O)O. The van der Waals surface area contributed by atoms with E-state index >= 15 is 0 Å². The van der Waals surface area contributed by atoms with Crippen molar-refractivity contribution >= 4 is 46.2 Å². The Bertz CT molecular complexity index is 594. The average Bonchev–Trinajstić information content (AvgIpc) is 2.81. The first kappa shape index (κ1) is 15.7. The van der Waals surface area contributed by atoms with Gasteiger partial charge in [0, 0.05) is 25.3 Å². The lowest BCUT2D eigenvalue weighted by Gasteiger charge is -2.14. The molecule has 2 N–H and O–H groups in total. The van der Waals surface area contributed by atoms with Crippen LogP contribution in [0.25, 0.3) is 0 Å². The van der Waals surface area contributed by atoms with E-state index in [2.05, 4.69) is 5.32 Å². The highest BCUT2D eigenvalue weighted by Gasteiger charge is 2.22. The summed E-state index contributed by atoms with van der Waals surface area (Å²) < 4.78 is 0. The minimum Gasteiger partial charge on any atom is -0.478 e. The van der Waals surface area contributed by atoms with Gasteiger partial charge in [0.25, 0.3) is 5.24 Å². The van der Waals surface area contributed by atoms with E-state index < -0.39 is 5.97 Å². The fraction of sp³-hybridized carbons (Fsp3) is 0.308. The Balaban J connectivity index is 1.98. The molecule has 1 aliphatic heterocycles. The van der Waals surface area contributed by atoms with E-state index in [1.165, 1.54) is 23.9 Å². The maximum absolute atomic E-state index is 11.9. The normalized spacial score (nSPS) is 14.3. The molecule has 0 saturated carbocycles. The second kappa shape index (κ2) is 6.82. The van der Waals surface area contributed by atoms with Gasteiger partial charge in [-0.15, -0.1) is 0 Å². The van der Waals surface area contributed by atoms with Crippen LogP contribution in [0.2, 0.25) is 5.02 Å². The van der Waals surface area contributed by atoms with Gasteiger partial charge in [-0.05, 0) is 12.1 Å². The number of thioether (sulfide) groups is 1. The first-order chi connectivity index (χ1) is 9.99. The van der Waals surface area contributed by atoms with Gasteiger partial charge in [-0.25, -0.2) is 4.79 Å². The molecule has 0 unspecified atom stereocenters. The largest absolute Gasteiger partial charge is 0.478 e. The summed E-state index contributed by atoms with van der Waals surface area (Å²) in [6, 6.07) is 4.48. The van der Waals surface area contributed by atoms with Crippen molar-refractivity contribution in [3.05, 3.63) is 28.8 Å². The number of carbonyl (C=O) groups excluding carboxylic acids is 2. The van der Waals surface area contributed by atoms with Crippen molar-refractivity contribution in [3.8, 4) is 0 Å². The lowest BCUT2D eigenvalue weighted by molar-refractivity contribution is -0.116. The molecule has 0 aliphatic carbocycles. The van der Waals surface area contributed by atoms with Gasteiger partial charge in [0.05, 0.1) is 10.7 Å². The number of nitrogens with zero attached hydrogens (tertiary/aromatic N) is 1. The van der Waals surface area contributed by atoms with Gasteiger partial charge in [-0.1, -0.05) is 29.4 Å². The molecule has 0 bridgehead atoms. The van der Waals surface area contributed by atoms with Gasteiger partial charge >= 0.3 is 5.97 Å². The summed E-state index contributed by atoms with van der Waals surface area (Å²) in [4.78, 5) is 36.0. The van der Waals surface area contributed by atoms with Crippen LogP contribution in [0.15, 0.2) is 18.2 Å².